The molecule has 3 unspecified atom stereocenters. The maximum atomic E-state index is 12.3. The summed E-state index contributed by atoms with van der Waals surface area (Å²) in [6, 6.07) is -0.280. The second-order valence-corrected chi connectivity index (χ2v) is 5.29. The van der Waals surface area contributed by atoms with Crippen molar-refractivity contribution >= 4 is 12.0 Å². The van der Waals surface area contributed by atoms with Crippen LogP contribution in [0, 0.1) is 5.92 Å². The highest BCUT2D eigenvalue weighted by atomic mass is 16.5. The molecule has 2 aliphatic rings. The van der Waals surface area contributed by atoms with Crippen molar-refractivity contribution in [3.63, 3.8) is 0 Å². The summed E-state index contributed by atoms with van der Waals surface area (Å²) in [7, 11) is 0. The highest BCUT2D eigenvalue weighted by Gasteiger charge is 2.36. The molecule has 6 nitrogen and oxygen atoms in total. The Morgan fingerprint density at radius 1 is 1.37 bits per heavy atom. The fourth-order valence-corrected chi connectivity index (χ4v) is 2.87. The number of likely N-dealkylation sites (tertiary alicyclic amines) is 1. The van der Waals surface area contributed by atoms with Crippen molar-refractivity contribution in [3.8, 4) is 0 Å². The molecule has 0 saturated carbocycles. The van der Waals surface area contributed by atoms with Crippen LogP contribution < -0.4 is 5.32 Å². The summed E-state index contributed by atoms with van der Waals surface area (Å²) in [5.41, 5.74) is 0. The van der Waals surface area contributed by atoms with Crippen molar-refractivity contribution in [3.05, 3.63) is 0 Å². The normalized spacial score (nSPS) is 31.2. The van der Waals surface area contributed by atoms with E-state index in [0.29, 0.717) is 0 Å². The average Bonchev–Trinajstić information content (AvgIpc) is 2.87. The quantitative estimate of drug-likeness (QED) is 0.803. The highest BCUT2D eigenvalue weighted by molar-refractivity contribution is 5.77. The van der Waals surface area contributed by atoms with Gasteiger partial charge in [0.15, 0.2) is 0 Å². The van der Waals surface area contributed by atoms with Gasteiger partial charge >= 0.3 is 12.0 Å². The average molecular weight is 270 g/mol. The third-order valence-corrected chi connectivity index (χ3v) is 4.07. The maximum Gasteiger partial charge on any atom is 0.317 e. The van der Waals surface area contributed by atoms with Crippen LogP contribution in [0.4, 0.5) is 4.79 Å². The van der Waals surface area contributed by atoms with Crippen LogP contribution in [0.1, 0.15) is 32.6 Å². The number of hydrogen-bond acceptors (Lipinski definition) is 3. The molecule has 0 radical (unpaired) electrons. The molecular formula is C13H22N2O4. The lowest BCUT2D eigenvalue weighted by atomic mass is 10.00. The number of hydrogen-bond donors (Lipinski definition) is 2. The smallest absolute Gasteiger partial charge is 0.317 e. The summed E-state index contributed by atoms with van der Waals surface area (Å²) in [4.78, 5) is 25.2. The zero-order chi connectivity index (χ0) is 13.8. The van der Waals surface area contributed by atoms with Gasteiger partial charge in [-0.25, -0.2) is 4.79 Å². The third kappa shape index (κ3) is 3.18. The van der Waals surface area contributed by atoms with Gasteiger partial charge in [0.25, 0.3) is 0 Å². The molecular weight excluding hydrogens is 248 g/mol. The minimum atomic E-state index is -0.909. The molecule has 108 valence electrons. The van der Waals surface area contributed by atoms with Crippen LogP contribution in [0.25, 0.3) is 0 Å². The second kappa shape index (κ2) is 6.23. The minimum Gasteiger partial charge on any atom is -0.481 e. The zero-order valence-corrected chi connectivity index (χ0v) is 11.3. The maximum absolute atomic E-state index is 12.3. The zero-order valence-electron chi connectivity index (χ0n) is 11.3. The predicted octanol–water partition coefficient (Wildman–Crippen LogP) is 1.06. The second-order valence-electron chi connectivity index (χ2n) is 5.29. The van der Waals surface area contributed by atoms with E-state index >= 15 is 0 Å². The number of ether oxygens (including phenoxy) is 1. The Labute approximate surface area is 113 Å². The number of amides is 2. The Hall–Kier alpha value is -1.30. The highest BCUT2D eigenvalue weighted by Crippen LogP contribution is 2.20. The number of nitrogens with one attached hydrogen (secondary N) is 1. The molecule has 0 aliphatic carbocycles. The first kappa shape index (κ1) is 14.1. The Morgan fingerprint density at radius 2 is 2.16 bits per heavy atom. The first-order chi connectivity index (χ1) is 9.13. The van der Waals surface area contributed by atoms with Crippen LogP contribution in [-0.4, -0.2) is 53.8 Å². The van der Waals surface area contributed by atoms with Gasteiger partial charge in [0.05, 0.1) is 19.3 Å². The molecule has 0 aromatic heterocycles. The van der Waals surface area contributed by atoms with Gasteiger partial charge in [-0.3, -0.25) is 4.79 Å². The van der Waals surface area contributed by atoms with Crippen molar-refractivity contribution in [1.82, 2.24) is 10.2 Å². The number of carbonyl (C=O) groups is 2. The molecule has 0 aromatic carbocycles. The van der Waals surface area contributed by atoms with E-state index in [4.69, 9.17) is 9.84 Å². The van der Waals surface area contributed by atoms with Crippen molar-refractivity contribution in [1.29, 1.82) is 0 Å². The lowest BCUT2D eigenvalue weighted by molar-refractivity contribution is -0.142. The summed E-state index contributed by atoms with van der Waals surface area (Å²) in [5, 5.41) is 11.9. The summed E-state index contributed by atoms with van der Waals surface area (Å²) in [5.74, 6) is -1.54. The third-order valence-electron chi connectivity index (χ3n) is 4.07. The summed E-state index contributed by atoms with van der Waals surface area (Å²) in [6.07, 6.45) is 4.16. The molecule has 2 aliphatic heterocycles. The van der Waals surface area contributed by atoms with Crippen LogP contribution in [0.15, 0.2) is 0 Å². The Bertz CT molecular complexity index is 348. The molecule has 3 atom stereocenters. The number of carboxylic acid groups (broad SMARTS) is 1. The van der Waals surface area contributed by atoms with Gasteiger partial charge in [-0.1, -0.05) is 6.92 Å². The number of aliphatic carboxylic acids is 1. The van der Waals surface area contributed by atoms with Crippen LogP contribution in [-0.2, 0) is 9.53 Å². The van der Waals surface area contributed by atoms with Crippen LogP contribution in [0.5, 0.6) is 0 Å². The summed E-state index contributed by atoms with van der Waals surface area (Å²) >= 11 is 0. The van der Waals surface area contributed by atoms with Gasteiger partial charge in [-0.2, -0.15) is 0 Å². The number of nitrogens with zero attached hydrogens (tertiary/aromatic N) is 1. The molecule has 2 fully saturated rings. The summed E-state index contributed by atoms with van der Waals surface area (Å²) < 4.78 is 5.16. The molecule has 2 N–H and O–H groups in total. The van der Waals surface area contributed by atoms with Gasteiger partial charge in [0.1, 0.15) is 5.92 Å². The van der Waals surface area contributed by atoms with Gasteiger partial charge in [0, 0.05) is 12.6 Å². The van der Waals surface area contributed by atoms with Crippen LogP contribution in [0.2, 0.25) is 0 Å². The lowest BCUT2D eigenvalue weighted by Crippen LogP contribution is -2.53. The van der Waals surface area contributed by atoms with E-state index < -0.39 is 17.9 Å². The minimum absolute atomic E-state index is 0.145. The largest absolute Gasteiger partial charge is 0.481 e. The molecule has 2 rings (SSSR count). The van der Waals surface area contributed by atoms with E-state index in [1.54, 1.807) is 0 Å². The molecule has 0 spiro atoms. The Balaban J connectivity index is 1.94. The van der Waals surface area contributed by atoms with Crippen molar-refractivity contribution < 1.29 is 19.4 Å². The molecule has 0 bridgehead atoms. The fraction of sp³-hybridized carbons (Fsp3) is 0.846. The molecule has 6 heteroatoms. The van der Waals surface area contributed by atoms with Crippen LogP contribution >= 0.6 is 0 Å². The Morgan fingerprint density at radius 3 is 2.84 bits per heavy atom. The van der Waals surface area contributed by atoms with E-state index in [2.05, 4.69) is 12.2 Å². The Kier molecular flexibility index (Phi) is 4.63. The number of rotatable bonds is 3. The monoisotopic (exact) mass is 270 g/mol. The van der Waals surface area contributed by atoms with Gasteiger partial charge in [-0.15, -0.1) is 0 Å². The van der Waals surface area contributed by atoms with Gasteiger partial charge < -0.3 is 20.1 Å². The van der Waals surface area contributed by atoms with E-state index in [-0.39, 0.29) is 25.3 Å². The molecule has 2 saturated heterocycles. The number of piperidine rings is 1. The molecule has 2 amide bonds. The lowest BCUT2D eigenvalue weighted by Gasteiger charge is -2.36. The van der Waals surface area contributed by atoms with Gasteiger partial charge in [-0.05, 0) is 25.7 Å². The SMILES string of the molecule is CCC1CCCCN1C(=O)NC1COCC1C(=O)O. The molecule has 0 aromatic rings. The standard InChI is InChI=1S/C13H22N2O4/c1-2-9-5-3-4-6-15(9)13(18)14-11-8-19-7-10(11)12(16)17/h9-11H,2-8H2,1H3,(H,14,18)(H,16,17). The van der Waals surface area contributed by atoms with Crippen molar-refractivity contribution in [2.45, 2.75) is 44.7 Å². The predicted molar refractivity (Wildman–Crippen MR) is 68.9 cm³/mol. The number of urea groups is 1. The van der Waals surface area contributed by atoms with Crippen LogP contribution in [0.3, 0.4) is 0 Å². The van der Waals surface area contributed by atoms with E-state index in [1.807, 2.05) is 4.90 Å². The number of carboxylic acids is 1. The molecule has 19 heavy (non-hydrogen) atoms. The first-order valence-electron chi connectivity index (χ1n) is 7.01. The van der Waals surface area contributed by atoms with Crippen molar-refractivity contribution in [2.24, 2.45) is 5.92 Å². The van der Waals surface area contributed by atoms with E-state index in [0.717, 1.165) is 32.2 Å². The fourth-order valence-electron chi connectivity index (χ4n) is 2.87. The molecule has 2 heterocycles. The van der Waals surface area contributed by atoms with Gasteiger partial charge in [0.2, 0.25) is 0 Å². The first-order valence-corrected chi connectivity index (χ1v) is 7.01. The number of carbonyl (C=O) groups excluding carboxylic acids is 1. The van der Waals surface area contributed by atoms with E-state index in [9.17, 15) is 9.59 Å². The van der Waals surface area contributed by atoms with Crippen molar-refractivity contribution in [2.75, 3.05) is 19.8 Å². The topological polar surface area (TPSA) is 78.9 Å². The summed E-state index contributed by atoms with van der Waals surface area (Å²) in [6.45, 7) is 3.30. The van der Waals surface area contributed by atoms with E-state index in [1.165, 1.54) is 0 Å².